The Bertz CT molecular complexity index is 596. The fourth-order valence-electron chi connectivity index (χ4n) is 4.09. The summed E-state index contributed by atoms with van der Waals surface area (Å²) in [6.45, 7) is 2.40. The Morgan fingerprint density at radius 3 is 1.68 bits per heavy atom. The first kappa shape index (κ1) is 16.0. The summed E-state index contributed by atoms with van der Waals surface area (Å²) >= 11 is 9.54. The highest BCUT2D eigenvalue weighted by Crippen LogP contribution is 2.48. The average molecular weight is 329 g/mol. The van der Waals surface area contributed by atoms with Gasteiger partial charge in [-0.2, -0.15) is 0 Å². The molecule has 0 atom stereocenters. The molecule has 0 aromatic heterocycles. The van der Waals surface area contributed by atoms with Crippen LogP contribution in [-0.4, -0.2) is 0 Å². The van der Waals surface area contributed by atoms with E-state index in [1.165, 1.54) is 43.2 Å². The van der Waals surface area contributed by atoms with Crippen LogP contribution in [0.1, 0.15) is 50.2 Å². The molecule has 1 aliphatic rings. The highest BCUT2D eigenvalue weighted by molar-refractivity contribution is 7.80. The van der Waals surface area contributed by atoms with Gasteiger partial charge in [-0.25, -0.2) is 0 Å². The van der Waals surface area contributed by atoms with Crippen LogP contribution in [0.25, 0.3) is 0 Å². The van der Waals surface area contributed by atoms with Crippen molar-refractivity contribution in [3.05, 3.63) is 59.7 Å². The van der Waals surface area contributed by atoms with E-state index < -0.39 is 0 Å². The number of thiol groups is 2. The quantitative estimate of drug-likeness (QED) is 0.620. The third-order valence-corrected chi connectivity index (χ3v) is 6.13. The second-order valence-corrected chi connectivity index (χ2v) is 7.54. The van der Waals surface area contributed by atoms with Crippen LogP contribution in [0.3, 0.4) is 0 Å². The van der Waals surface area contributed by atoms with E-state index in [0.29, 0.717) is 5.92 Å². The topological polar surface area (TPSA) is 0 Å². The van der Waals surface area contributed by atoms with Crippen molar-refractivity contribution in [2.45, 2.75) is 54.2 Å². The lowest BCUT2D eigenvalue weighted by Gasteiger charge is -2.42. The molecule has 2 aromatic carbocycles. The van der Waals surface area contributed by atoms with E-state index in [4.69, 9.17) is 25.3 Å². The summed E-state index contributed by atoms with van der Waals surface area (Å²) in [5, 5.41) is 0. The molecule has 116 valence electrons. The summed E-state index contributed by atoms with van der Waals surface area (Å²) in [5.74, 6) is 0.655. The Balaban J connectivity index is 2.18. The van der Waals surface area contributed by atoms with Crippen molar-refractivity contribution in [1.29, 1.82) is 0 Å². The van der Waals surface area contributed by atoms with Crippen molar-refractivity contribution in [2.24, 2.45) is 5.92 Å². The zero-order chi connectivity index (χ0) is 15.6. The largest absolute Gasteiger partial charge is 0.143 e. The molecule has 1 fully saturated rings. The monoisotopic (exact) mass is 328 g/mol. The van der Waals surface area contributed by atoms with E-state index in [-0.39, 0.29) is 5.41 Å². The predicted octanol–water partition coefficient (Wildman–Crippen LogP) is 6.15. The molecule has 22 heavy (non-hydrogen) atoms. The van der Waals surface area contributed by atoms with Crippen molar-refractivity contribution < 1.29 is 0 Å². The highest BCUT2D eigenvalue weighted by Gasteiger charge is 2.40. The van der Waals surface area contributed by atoms with E-state index >= 15 is 0 Å². The molecular weight excluding hydrogens is 304 g/mol. The summed E-state index contributed by atoms with van der Waals surface area (Å²) in [7, 11) is 0. The molecular formula is C20H24S2. The Morgan fingerprint density at radius 1 is 0.773 bits per heavy atom. The highest BCUT2D eigenvalue weighted by atomic mass is 32.1. The summed E-state index contributed by atoms with van der Waals surface area (Å²) < 4.78 is 0. The van der Waals surface area contributed by atoms with Crippen molar-refractivity contribution in [2.75, 3.05) is 0 Å². The Hall–Kier alpha value is -0.860. The van der Waals surface area contributed by atoms with Gasteiger partial charge in [0, 0.05) is 15.2 Å². The SMILES string of the molecule is CC(c1ccccc1S)(c1ccccc1S)C1CCCCC1. The third-order valence-electron chi connectivity index (χ3n) is 5.35. The van der Waals surface area contributed by atoms with Crippen molar-refractivity contribution in [3.8, 4) is 0 Å². The van der Waals surface area contributed by atoms with Crippen LogP contribution >= 0.6 is 25.3 Å². The summed E-state index contributed by atoms with van der Waals surface area (Å²) in [6.07, 6.45) is 6.63. The minimum atomic E-state index is -0.0168. The number of benzene rings is 2. The lowest BCUT2D eigenvalue weighted by atomic mass is 9.62. The first-order chi connectivity index (χ1) is 10.6. The van der Waals surface area contributed by atoms with Crippen molar-refractivity contribution in [1.82, 2.24) is 0 Å². The average Bonchev–Trinajstić information content (AvgIpc) is 2.56. The second-order valence-electron chi connectivity index (χ2n) is 6.57. The van der Waals surface area contributed by atoms with E-state index in [1.807, 2.05) is 0 Å². The number of hydrogen-bond donors (Lipinski definition) is 2. The van der Waals surface area contributed by atoms with Gasteiger partial charge in [0.15, 0.2) is 0 Å². The van der Waals surface area contributed by atoms with Gasteiger partial charge in [-0.05, 0) is 42.0 Å². The molecule has 3 rings (SSSR count). The third kappa shape index (κ3) is 2.83. The smallest absolute Gasteiger partial charge is 0.0224 e. The fourth-order valence-corrected chi connectivity index (χ4v) is 4.88. The Morgan fingerprint density at radius 2 is 1.23 bits per heavy atom. The molecule has 1 aliphatic carbocycles. The van der Waals surface area contributed by atoms with Crippen molar-refractivity contribution >= 4 is 25.3 Å². The van der Waals surface area contributed by atoms with E-state index in [1.54, 1.807) is 0 Å². The maximum absolute atomic E-state index is 4.77. The van der Waals surface area contributed by atoms with Crippen LogP contribution in [0.15, 0.2) is 58.3 Å². The van der Waals surface area contributed by atoms with Gasteiger partial charge < -0.3 is 0 Å². The lowest BCUT2D eigenvalue weighted by Crippen LogP contribution is -2.35. The van der Waals surface area contributed by atoms with Crippen LogP contribution in [0, 0.1) is 5.92 Å². The second kappa shape index (κ2) is 6.72. The van der Waals surface area contributed by atoms with Gasteiger partial charge in [0.25, 0.3) is 0 Å². The Kier molecular flexibility index (Phi) is 4.89. The minimum absolute atomic E-state index is 0.0168. The maximum atomic E-state index is 4.77. The van der Waals surface area contributed by atoms with Gasteiger partial charge in [0.2, 0.25) is 0 Å². The van der Waals surface area contributed by atoms with E-state index in [0.717, 1.165) is 9.79 Å². The summed E-state index contributed by atoms with van der Waals surface area (Å²) in [6, 6.07) is 17.1. The maximum Gasteiger partial charge on any atom is 0.0224 e. The zero-order valence-electron chi connectivity index (χ0n) is 13.1. The number of rotatable bonds is 3. The Labute approximate surface area is 145 Å². The molecule has 0 saturated heterocycles. The summed E-state index contributed by atoms with van der Waals surface area (Å²) in [4.78, 5) is 2.18. The molecule has 0 N–H and O–H groups in total. The molecule has 0 aliphatic heterocycles. The zero-order valence-corrected chi connectivity index (χ0v) is 14.9. The lowest BCUT2D eigenvalue weighted by molar-refractivity contribution is 0.249. The van der Waals surface area contributed by atoms with Crippen LogP contribution in [0.2, 0.25) is 0 Å². The molecule has 2 heteroatoms. The molecule has 0 spiro atoms. The first-order valence-corrected chi connectivity index (χ1v) is 9.10. The molecule has 1 saturated carbocycles. The molecule has 0 bridgehead atoms. The first-order valence-electron chi connectivity index (χ1n) is 8.21. The van der Waals surface area contributed by atoms with Gasteiger partial charge in [-0.1, -0.05) is 62.6 Å². The van der Waals surface area contributed by atoms with E-state index in [9.17, 15) is 0 Å². The molecule has 0 heterocycles. The molecule has 0 unspecified atom stereocenters. The van der Waals surface area contributed by atoms with E-state index in [2.05, 4.69) is 55.5 Å². The molecule has 2 aromatic rings. The van der Waals surface area contributed by atoms with Crippen molar-refractivity contribution in [3.63, 3.8) is 0 Å². The van der Waals surface area contributed by atoms with Gasteiger partial charge in [-0.15, -0.1) is 25.3 Å². The predicted molar refractivity (Wildman–Crippen MR) is 100 cm³/mol. The molecule has 0 radical (unpaired) electrons. The van der Waals surface area contributed by atoms with Crippen LogP contribution in [-0.2, 0) is 5.41 Å². The molecule has 0 amide bonds. The van der Waals surface area contributed by atoms with Gasteiger partial charge >= 0.3 is 0 Å². The van der Waals surface area contributed by atoms with Gasteiger partial charge in [0.1, 0.15) is 0 Å². The fraction of sp³-hybridized carbons (Fsp3) is 0.400. The summed E-state index contributed by atoms with van der Waals surface area (Å²) in [5.41, 5.74) is 2.66. The minimum Gasteiger partial charge on any atom is -0.143 e. The number of hydrogen-bond acceptors (Lipinski definition) is 2. The van der Waals surface area contributed by atoms with Crippen LogP contribution < -0.4 is 0 Å². The van der Waals surface area contributed by atoms with Gasteiger partial charge in [-0.3, -0.25) is 0 Å². The standard InChI is InChI=1S/C20H24S2/c1-20(15-9-3-2-4-10-15,16-11-5-7-13-18(16)21)17-12-6-8-14-19(17)22/h5-8,11-15,21-22H,2-4,9-10H2,1H3. The van der Waals surface area contributed by atoms with Gasteiger partial charge in [0.05, 0.1) is 0 Å². The van der Waals surface area contributed by atoms with Crippen LogP contribution in [0.4, 0.5) is 0 Å². The normalized spacial score (nSPS) is 16.7. The molecule has 0 nitrogen and oxygen atoms in total. The van der Waals surface area contributed by atoms with Crippen LogP contribution in [0.5, 0.6) is 0 Å².